The van der Waals surface area contributed by atoms with Crippen molar-refractivity contribution in [2.75, 3.05) is 13.2 Å². The second kappa shape index (κ2) is 3.91. The van der Waals surface area contributed by atoms with Gasteiger partial charge in [-0.2, -0.15) is 0 Å². The second-order valence-electron chi connectivity index (χ2n) is 2.87. The summed E-state index contributed by atoms with van der Waals surface area (Å²) in [7, 11) is 0. The molecule has 0 radical (unpaired) electrons. The van der Waals surface area contributed by atoms with Crippen molar-refractivity contribution in [1.82, 2.24) is 5.48 Å². The van der Waals surface area contributed by atoms with E-state index in [0.717, 1.165) is 26.1 Å². The van der Waals surface area contributed by atoms with Crippen LogP contribution in [-0.4, -0.2) is 24.5 Å². The Morgan fingerprint density at radius 2 is 2.10 bits per heavy atom. The minimum Gasteiger partial charge on any atom is -0.381 e. The molecule has 0 unspecified atom stereocenters. The van der Waals surface area contributed by atoms with E-state index in [1.54, 1.807) is 0 Å². The highest BCUT2D eigenvalue weighted by Gasteiger charge is 2.19. The molecule has 1 aliphatic heterocycles. The van der Waals surface area contributed by atoms with Gasteiger partial charge in [0.1, 0.15) is 0 Å². The molecule has 3 heteroatoms. The molecule has 10 heavy (non-hydrogen) atoms. The van der Waals surface area contributed by atoms with Gasteiger partial charge >= 0.3 is 0 Å². The third kappa shape index (κ3) is 1.94. The molecule has 1 fully saturated rings. The van der Waals surface area contributed by atoms with Gasteiger partial charge in [0.2, 0.25) is 0 Å². The second-order valence-corrected chi connectivity index (χ2v) is 2.87. The maximum absolute atomic E-state index is 8.60. The van der Waals surface area contributed by atoms with Crippen LogP contribution in [-0.2, 0) is 4.74 Å². The molecule has 0 aliphatic carbocycles. The Morgan fingerprint density at radius 1 is 1.50 bits per heavy atom. The largest absolute Gasteiger partial charge is 0.381 e. The molecule has 0 amide bonds. The summed E-state index contributed by atoms with van der Waals surface area (Å²) in [5.74, 6) is 0.582. The molecule has 0 aromatic carbocycles. The van der Waals surface area contributed by atoms with Gasteiger partial charge in [0.05, 0.1) is 0 Å². The summed E-state index contributed by atoms with van der Waals surface area (Å²) in [6.07, 6.45) is 2.13. The first-order chi connectivity index (χ1) is 4.84. The van der Waals surface area contributed by atoms with Crippen molar-refractivity contribution in [3.8, 4) is 0 Å². The summed E-state index contributed by atoms with van der Waals surface area (Å²) in [6, 6.07) is 0.212. The van der Waals surface area contributed by atoms with E-state index in [9.17, 15) is 0 Å². The Morgan fingerprint density at radius 3 is 2.60 bits per heavy atom. The lowest BCUT2D eigenvalue weighted by atomic mass is 9.94. The van der Waals surface area contributed by atoms with Crippen molar-refractivity contribution in [2.24, 2.45) is 5.92 Å². The molecule has 0 aromatic rings. The first-order valence-corrected chi connectivity index (χ1v) is 3.82. The zero-order valence-corrected chi connectivity index (χ0v) is 6.34. The monoisotopic (exact) mass is 145 g/mol. The average Bonchev–Trinajstić information content (AvgIpc) is 2.05. The average molecular weight is 145 g/mol. The highest BCUT2D eigenvalue weighted by molar-refractivity contribution is 4.71. The van der Waals surface area contributed by atoms with Crippen molar-refractivity contribution in [1.29, 1.82) is 0 Å². The zero-order valence-electron chi connectivity index (χ0n) is 6.34. The molecular formula is C7H15NO2. The molecule has 2 N–H and O–H groups in total. The van der Waals surface area contributed by atoms with Gasteiger partial charge in [-0.3, -0.25) is 0 Å². The first kappa shape index (κ1) is 7.98. The van der Waals surface area contributed by atoms with E-state index in [-0.39, 0.29) is 6.04 Å². The number of ether oxygens (including phenoxy) is 1. The number of nitrogens with one attached hydrogen (secondary N) is 1. The van der Waals surface area contributed by atoms with E-state index in [1.165, 1.54) is 0 Å². The van der Waals surface area contributed by atoms with E-state index in [4.69, 9.17) is 9.94 Å². The van der Waals surface area contributed by atoms with Crippen molar-refractivity contribution in [3.63, 3.8) is 0 Å². The summed E-state index contributed by atoms with van der Waals surface area (Å²) in [5, 5.41) is 8.60. The molecule has 0 bridgehead atoms. The Bertz CT molecular complexity index is 91.6. The van der Waals surface area contributed by atoms with Gasteiger partial charge in [0.15, 0.2) is 0 Å². The number of hydrogen-bond donors (Lipinski definition) is 2. The fourth-order valence-electron chi connectivity index (χ4n) is 1.32. The number of rotatable bonds is 2. The van der Waals surface area contributed by atoms with Crippen LogP contribution in [0.5, 0.6) is 0 Å². The van der Waals surface area contributed by atoms with Crippen molar-refractivity contribution >= 4 is 0 Å². The Kier molecular flexibility index (Phi) is 3.12. The molecule has 0 saturated carbocycles. The lowest BCUT2D eigenvalue weighted by Gasteiger charge is -2.26. The molecule has 1 aliphatic rings. The van der Waals surface area contributed by atoms with E-state index in [2.05, 4.69) is 5.48 Å². The van der Waals surface area contributed by atoms with E-state index in [1.807, 2.05) is 6.92 Å². The van der Waals surface area contributed by atoms with Crippen LogP contribution >= 0.6 is 0 Å². The van der Waals surface area contributed by atoms with Crippen LogP contribution in [0, 0.1) is 5.92 Å². The summed E-state index contributed by atoms with van der Waals surface area (Å²) in [6.45, 7) is 3.68. The number of hydroxylamine groups is 1. The van der Waals surface area contributed by atoms with Crippen LogP contribution in [0.3, 0.4) is 0 Å². The van der Waals surface area contributed by atoms with Gasteiger partial charge in [-0.1, -0.05) is 0 Å². The zero-order chi connectivity index (χ0) is 7.40. The maximum Gasteiger partial charge on any atom is 0.0469 e. The summed E-state index contributed by atoms with van der Waals surface area (Å²) in [5.41, 5.74) is 2.28. The van der Waals surface area contributed by atoms with Crippen molar-refractivity contribution < 1.29 is 9.94 Å². The third-order valence-electron chi connectivity index (χ3n) is 2.18. The van der Waals surface area contributed by atoms with E-state index < -0.39 is 0 Å². The minimum absolute atomic E-state index is 0.212. The molecule has 1 rings (SSSR count). The van der Waals surface area contributed by atoms with Gasteiger partial charge in [-0.05, 0) is 25.7 Å². The maximum atomic E-state index is 8.60. The minimum atomic E-state index is 0.212. The van der Waals surface area contributed by atoms with Crippen LogP contribution < -0.4 is 5.48 Å². The predicted molar refractivity (Wildman–Crippen MR) is 37.9 cm³/mol. The van der Waals surface area contributed by atoms with E-state index in [0.29, 0.717) is 5.92 Å². The predicted octanol–water partition coefficient (Wildman–Crippen LogP) is 0.780. The van der Waals surface area contributed by atoms with Gasteiger partial charge in [0.25, 0.3) is 0 Å². The van der Waals surface area contributed by atoms with Crippen molar-refractivity contribution in [3.05, 3.63) is 0 Å². The van der Waals surface area contributed by atoms with Crippen LogP contribution in [0.1, 0.15) is 19.8 Å². The molecule has 3 nitrogen and oxygen atoms in total. The molecule has 0 spiro atoms. The van der Waals surface area contributed by atoms with Gasteiger partial charge in [-0.15, -0.1) is 0 Å². The third-order valence-corrected chi connectivity index (χ3v) is 2.18. The molecule has 60 valence electrons. The SMILES string of the molecule is C[C@H](NO)C1CCOCC1. The smallest absolute Gasteiger partial charge is 0.0469 e. The Labute approximate surface area is 61.3 Å². The van der Waals surface area contributed by atoms with Crippen molar-refractivity contribution in [2.45, 2.75) is 25.8 Å². The van der Waals surface area contributed by atoms with Gasteiger partial charge < -0.3 is 9.94 Å². The van der Waals surface area contributed by atoms with Crippen LogP contribution in [0.4, 0.5) is 0 Å². The Hall–Kier alpha value is -0.120. The fraction of sp³-hybridized carbons (Fsp3) is 1.00. The molecular weight excluding hydrogens is 130 g/mol. The standard InChI is InChI=1S/C7H15NO2/c1-6(8-9)7-2-4-10-5-3-7/h6-9H,2-5H2,1H3/t6-/m0/s1. The quantitative estimate of drug-likeness (QED) is 0.564. The van der Waals surface area contributed by atoms with Gasteiger partial charge in [-0.25, -0.2) is 5.48 Å². The van der Waals surface area contributed by atoms with Crippen LogP contribution in [0.2, 0.25) is 0 Å². The Balaban J connectivity index is 2.24. The van der Waals surface area contributed by atoms with Crippen LogP contribution in [0.15, 0.2) is 0 Å². The number of hydrogen-bond acceptors (Lipinski definition) is 3. The molecule has 1 heterocycles. The fourth-order valence-corrected chi connectivity index (χ4v) is 1.32. The lowest BCUT2D eigenvalue weighted by Crippen LogP contribution is -2.34. The van der Waals surface area contributed by atoms with Crippen LogP contribution in [0.25, 0.3) is 0 Å². The normalized spacial score (nSPS) is 24.6. The van der Waals surface area contributed by atoms with Gasteiger partial charge in [0, 0.05) is 19.3 Å². The molecule has 1 saturated heterocycles. The summed E-state index contributed by atoms with van der Waals surface area (Å²) >= 11 is 0. The summed E-state index contributed by atoms with van der Waals surface area (Å²) in [4.78, 5) is 0. The van der Waals surface area contributed by atoms with E-state index >= 15 is 0 Å². The first-order valence-electron chi connectivity index (χ1n) is 3.82. The highest BCUT2D eigenvalue weighted by atomic mass is 16.5. The topological polar surface area (TPSA) is 41.5 Å². The molecule has 0 aromatic heterocycles. The molecule has 1 atom stereocenters. The lowest BCUT2D eigenvalue weighted by molar-refractivity contribution is 0.0274. The highest BCUT2D eigenvalue weighted by Crippen LogP contribution is 2.17. The summed E-state index contributed by atoms with van der Waals surface area (Å²) < 4.78 is 5.18.